The molecule has 0 aliphatic rings. The van der Waals surface area contributed by atoms with E-state index in [4.69, 9.17) is 0 Å². The Bertz CT molecular complexity index is 904. The van der Waals surface area contributed by atoms with Gasteiger partial charge >= 0.3 is 0 Å². The fourth-order valence-electron chi connectivity index (χ4n) is 2.58. The Kier molecular flexibility index (Phi) is 4.75. The summed E-state index contributed by atoms with van der Waals surface area (Å²) in [5, 5.41) is 3.82. The fourth-order valence-corrected chi connectivity index (χ4v) is 2.58. The molecule has 126 valence electrons. The van der Waals surface area contributed by atoms with Crippen molar-refractivity contribution in [2.45, 2.75) is 13.0 Å². The minimum atomic E-state index is -0.619. The van der Waals surface area contributed by atoms with Gasteiger partial charge in [-0.3, -0.25) is 14.6 Å². The summed E-state index contributed by atoms with van der Waals surface area (Å²) in [5.41, 5.74) is 1.91. The molecule has 0 radical (unpaired) electrons. The molecule has 3 rings (SSSR count). The van der Waals surface area contributed by atoms with E-state index in [2.05, 4.69) is 10.3 Å². The zero-order chi connectivity index (χ0) is 17.8. The zero-order valence-corrected chi connectivity index (χ0v) is 14.1. The highest BCUT2D eigenvalue weighted by molar-refractivity contribution is 6.04. The van der Waals surface area contributed by atoms with E-state index in [9.17, 15) is 9.59 Å². The van der Waals surface area contributed by atoms with Gasteiger partial charge in [-0.15, -0.1) is 0 Å². The molecule has 1 N–H and O–H groups in total. The van der Waals surface area contributed by atoms with Gasteiger partial charge in [-0.05, 0) is 31.2 Å². The molecule has 25 heavy (non-hydrogen) atoms. The number of para-hydroxylation sites is 1. The quantitative estimate of drug-likeness (QED) is 0.796. The molecule has 1 heterocycles. The van der Waals surface area contributed by atoms with Crippen molar-refractivity contribution >= 4 is 28.4 Å². The molecule has 0 bridgehead atoms. The third-order valence-corrected chi connectivity index (χ3v) is 4.19. The lowest BCUT2D eigenvalue weighted by Crippen LogP contribution is -2.43. The van der Waals surface area contributed by atoms with Crippen LogP contribution < -0.4 is 5.32 Å². The van der Waals surface area contributed by atoms with Crippen LogP contribution >= 0.6 is 0 Å². The van der Waals surface area contributed by atoms with Crippen molar-refractivity contribution in [1.29, 1.82) is 0 Å². The standard InChI is InChI=1S/C20H19N3O2/c1-14(23(2)20(25)16-8-4-3-5-9-16)19(24)22-17-12-6-10-15-11-7-13-21-18(15)17/h3-14H,1-2H3,(H,22,24)/t14-/m0/s1. The number of carbonyl (C=O) groups excluding carboxylic acids is 2. The Hall–Kier alpha value is -3.21. The summed E-state index contributed by atoms with van der Waals surface area (Å²) in [5.74, 6) is -0.454. The Labute approximate surface area is 146 Å². The number of benzene rings is 2. The number of hydrogen-bond acceptors (Lipinski definition) is 3. The number of amides is 2. The summed E-state index contributed by atoms with van der Waals surface area (Å²) in [6.45, 7) is 1.70. The van der Waals surface area contributed by atoms with Crippen molar-refractivity contribution in [3.63, 3.8) is 0 Å². The SMILES string of the molecule is C[C@@H](C(=O)Nc1cccc2cccnc12)N(C)C(=O)c1ccccc1. The minimum absolute atomic E-state index is 0.195. The van der Waals surface area contributed by atoms with Crippen LogP contribution in [0.3, 0.4) is 0 Å². The number of likely N-dealkylation sites (N-methyl/N-ethyl adjacent to an activating group) is 1. The third kappa shape index (κ3) is 3.50. The largest absolute Gasteiger partial charge is 0.330 e. The van der Waals surface area contributed by atoms with Crippen LogP contribution in [0.4, 0.5) is 5.69 Å². The lowest BCUT2D eigenvalue weighted by molar-refractivity contribution is -0.119. The van der Waals surface area contributed by atoms with Crippen LogP contribution in [0.2, 0.25) is 0 Å². The Balaban J connectivity index is 1.77. The molecule has 0 spiro atoms. The van der Waals surface area contributed by atoms with Gasteiger partial charge in [0.1, 0.15) is 6.04 Å². The topological polar surface area (TPSA) is 62.3 Å². The monoisotopic (exact) mass is 333 g/mol. The molecule has 5 nitrogen and oxygen atoms in total. The zero-order valence-electron chi connectivity index (χ0n) is 14.1. The number of nitrogens with one attached hydrogen (secondary N) is 1. The number of aromatic nitrogens is 1. The predicted molar refractivity (Wildman–Crippen MR) is 98.4 cm³/mol. The molecule has 0 unspecified atom stereocenters. The molecular formula is C20H19N3O2. The maximum Gasteiger partial charge on any atom is 0.254 e. The molecule has 0 fully saturated rings. The van der Waals surface area contributed by atoms with Crippen LogP contribution in [0.5, 0.6) is 0 Å². The van der Waals surface area contributed by atoms with E-state index in [-0.39, 0.29) is 11.8 Å². The smallest absolute Gasteiger partial charge is 0.254 e. The number of hydrogen-bond donors (Lipinski definition) is 1. The van der Waals surface area contributed by atoms with Crippen molar-refractivity contribution in [1.82, 2.24) is 9.88 Å². The lowest BCUT2D eigenvalue weighted by Gasteiger charge is -2.24. The molecule has 5 heteroatoms. The lowest BCUT2D eigenvalue weighted by atomic mass is 10.1. The molecule has 2 aromatic carbocycles. The summed E-state index contributed by atoms with van der Waals surface area (Å²) in [6, 6.07) is 17.7. The number of carbonyl (C=O) groups is 2. The van der Waals surface area contributed by atoms with Gasteiger partial charge in [0.05, 0.1) is 11.2 Å². The van der Waals surface area contributed by atoms with Crippen LogP contribution in [-0.2, 0) is 4.79 Å². The van der Waals surface area contributed by atoms with E-state index in [1.54, 1.807) is 50.5 Å². The van der Waals surface area contributed by atoms with Crippen LogP contribution in [-0.4, -0.2) is 34.8 Å². The van der Waals surface area contributed by atoms with E-state index >= 15 is 0 Å². The molecule has 1 aromatic heterocycles. The van der Waals surface area contributed by atoms with E-state index in [0.29, 0.717) is 11.3 Å². The highest BCUT2D eigenvalue weighted by Crippen LogP contribution is 2.21. The molecule has 1 atom stereocenters. The third-order valence-electron chi connectivity index (χ3n) is 4.19. The van der Waals surface area contributed by atoms with E-state index in [0.717, 1.165) is 10.9 Å². The summed E-state index contributed by atoms with van der Waals surface area (Å²) in [6.07, 6.45) is 1.69. The molecule has 2 amide bonds. The van der Waals surface area contributed by atoms with Crippen molar-refractivity contribution in [2.75, 3.05) is 12.4 Å². The first-order valence-electron chi connectivity index (χ1n) is 8.05. The van der Waals surface area contributed by atoms with Crippen LogP contribution in [0, 0.1) is 0 Å². The van der Waals surface area contributed by atoms with Crippen molar-refractivity contribution in [3.8, 4) is 0 Å². The van der Waals surface area contributed by atoms with Crippen LogP contribution in [0.25, 0.3) is 10.9 Å². The van der Waals surface area contributed by atoms with Gasteiger partial charge < -0.3 is 10.2 Å². The van der Waals surface area contributed by atoms with Crippen molar-refractivity contribution in [2.24, 2.45) is 0 Å². The molecule has 0 saturated heterocycles. The average molecular weight is 333 g/mol. The second kappa shape index (κ2) is 7.13. The van der Waals surface area contributed by atoms with Crippen molar-refractivity contribution < 1.29 is 9.59 Å². The number of anilines is 1. The predicted octanol–water partition coefficient (Wildman–Crippen LogP) is 3.33. The van der Waals surface area contributed by atoms with Gasteiger partial charge in [-0.25, -0.2) is 0 Å². The second-order valence-corrected chi connectivity index (χ2v) is 5.83. The highest BCUT2D eigenvalue weighted by Gasteiger charge is 2.23. The minimum Gasteiger partial charge on any atom is -0.330 e. The van der Waals surface area contributed by atoms with Gasteiger partial charge in [0.25, 0.3) is 5.91 Å². The van der Waals surface area contributed by atoms with E-state index < -0.39 is 6.04 Å². The maximum absolute atomic E-state index is 12.6. The summed E-state index contributed by atoms with van der Waals surface area (Å²) in [7, 11) is 1.63. The van der Waals surface area contributed by atoms with Gasteiger partial charge in [0.15, 0.2) is 0 Å². The number of fused-ring (bicyclic) bond motifs is 1. The average Bonchev–Trinajstić information content (AvgIpc) is 2.67. The molecular weight excluding hydrogens is 314 g/mol. The van der Waals surface area contributed by atoms with Gasteiger partial charge in [-0.2, -0.15) is 0 Å². The Morgan fingerprint density at radius 1 is 1.00 bits per heavy atom. The summed E-state index contributed by atoms with van der Waals surface area (Å²) < 4.78 is 0. The van der Waals surface area contributed by atoms with Gasteiger partial charge in [0.2, 0.25) is 5.91 Å². The van der Waals surface area contributed by atoms with E-state index in [1.807, 2.05) is 30.3 Å². The number of nitrogens with zero attached hydrogens (tertiary/aromatic N) is 2. The summed E-state index contributed by atoms with van der Waals surface area (Å²) >= 11 is 0. The first-order chi connectivity index (χ1) is 12.1. The number of rotatable bonds is 4. The fraction of sp³-hybridized carbons (Fsp3) is 0.150. The van der Waals surface area contributed by atoms with Gasteiger partial charge in [0, 0.05) is 24.2 Å². The second-order valence-electron chi connectivity index (χ2n) is 5.83. The highest BCUT2D eigenvalue weighted by atomic mass is 16.2. The maximum atomic E-state index is 12.6. The Morgan fingerprint density at radius 2 is 1.72 bits per heavy atom. The normalized spacial score (nSPS) is 11.8. The van der Waals surface area contributed by atoms with Gasteiger partial charge in [-0.1, -0.05) is 36.4 Å². The molecule has 3 aromatic rings. The van der Waals surface area contributed by atoms with Crippen molar-refractivity contribution in [3.05, 3.63) is 72.4 Å². The molecule has 0 aliphatic heterocycles. The first-order valence-corrected chi connectivity index (χ1v) is 8.05. The molecule has 0 aliphatic carbocycles. The van der Waals surface area contributed by atoms with Crippen LogP contribution in [0.1, 0.15) is 17.3 Å². The summed E-state index contributed by atoms with van der Waals surface area (Å²) in [4.78, 5) is 30.8. The Morgan fingerprint density at radius 3 is 2.48 bits per heavy atom. The van der Waals surface area contributed by atoms with Crippen LogP contribution in [0.15, 0.2) is 66.9 Å². The number of pyridine rings is 1. The first kappa shape index (κ1) is 16.6. The van der Waals surface area contributed by atoms with E-state index in [1.165, 1.54) is 4.90 Å². The molecule has 0 saturated carbocycles.